The molecule has 0 aliphatic rings. The lowest BCUT2D eigenvalue weighted by atomic mass is 10.1. The average molecular weight is 363 g/mol. The molecule has 3 aromatic rings. The highest BCUT2D eigenvalue weighted by Crippen LogP contribution is 2.16. The smallest absolute Gasteiger partial charge is 0.276 e. The third-order valence-electron chi connectivity index (χ3n) is 3.97. The molecule has 0 aliphatic carbocycles. The fraction of sp³-hybridized carbons (Fsp3) is 0.143. The summed E-state index contributed by atoms with van der Waals surface area (Å²) in [5.74, 6) is 0.471. The van der Waals surface area contributed by atoms with Crippen LogP contribution in [0.2, 0.25) is 0 Å². The molecule has 0 bridgehead atoms. The number of aromatic nitrogens is 1. The Bertz CT molecular complexity index is 867. The molecule has 1 heterocycles. The molecular formula is C21H21N3O3. The molecule has 2 N–H and O–H groups in total. The molecule has 3 rings (SSSR count). The van der Waals surface area contributed by atoms with Crippen molar-refractivity contribution in [2.45, 2.75) is 13.2 Å². The van der Waals surface area contributed by atoms with E-state index in [1.54, 1.807) is 25.6 Å². The highest BCUT2D eigenvalue weighted by Gasteiger charge is 2.11. The van der Waals surface area contributed by atoms with Crippen molar-refractivity contribution in [3.05, 3.63) is 89.7 Å². The molecule has 0 fully saturated rings. The van der Waals surface area contributed by atoms with Crippen LogP contribution in [-0.2, 0) is 18.0 Å². The molecule has 2 aromatic carbocycles. The van der Waals surface area contributed by atoms with Crippen molar-refractivity contribution in [1.82, 2.24) is 10.5 Å². The van der Waals surface area contributed by atoms with Gasteiger partial charge in [0, 0.05) is 24.6 Å². The van der Waals surface area contributed by atoms with Gasteiger partial charge in [0.15, 0.2) is 0 Å². The maximum absolute atomic E-state index is 12.5. The fourth-order valence-corrected chi connectivity index (χ4v) is 2.49. The van der Waals surface area contributed by atoms with E-state index < -0.39 is 0 Å². The zero-order chi connectivity index (χ0) is 18.9. The van der Waals surface area contributed by atoms with Crippen LogP contribution >= 0.6 is 0 Å². The number of carbonyl (C=O) groups excluding carboxylic acids is 1. The molecule has 0 unspecified atom stereocenters. The van der Waals surface area contributed by atoms with Crippen LogP contribution in [0.3, 0.4) is 0 Å². The van der Waals surface area contributed by atoms with Crippen LogP contribution in [0.5, 0.6) is 5.75 Å². The first-order chi connectivity index (χ1) is 13.3. The van der Waals surface area contributed by atoms with E-state index >= 15 is 0 Å². The average Bonchev–Trinajstić information content (AvgIpc) is 2.73. The number of nitrogens with one attached hydrogen (secondary N) is 2. The number of hydrogen-bond donors (Lipinski definition) is 2. The van der Waals surface area contributed by atoms with Gasteiger partial charge in [-0.15, -0.1) is 0 Å². The first-order valence-electron chi connectivity index (χ1n) is 8.53. The van der Waals surface area contributed by atoms with E-state index in [2.05, 4.69) is 15.8 Å². The van der Waals surface area contributed by atoms with Gasteiger partial charge in [-0.3, -0.25) is 14.6 Å². The molecule has 27 heavy (non-hydrogen) atoms. The van der Waals surface area contributed by atoms with Crippen LogP contribution in [0.1, 0.15) is 21.5 Å². The van der Waals surface area contributed by atoms with Crippen molar-refractivity contribution in [2.24, 2.45) is 0 Å². The first kappa shape index (κ1) is 18.4. The summed E-state index contributed by atoms with van der Waals surface area (Å²) in [4.78, 5) is 21.8. The Morgan fingerprint density at radius 2 is 1.70 bits per heavy atom. The number of hydrogen-bond acceptors (Lipinski definition) is 5. The van der Waals surface area contributed by atoms with E-state index in [0.29, 0.717) is 12.1 Å². The van der Waals surface area contributed by atoms with E-state index in [-0.39, 0.29) is 12.5 Å². The standard InChI is InChI=1S/C21H21N3O3/c1-26-18-8-6-17(7-9-18)15-27-24-21(25)19-4-2-3-5-20(19)23-14-16-10-12-22-13-11-16/h2-13,23H,14-15H2,1H3,(H,24,25). The molecule has 0 saturated carbocycles. The normalized spacial score (nSPS) is 10.3. The summed E-state index contributed by atoms with van der Waals surface area (Å²) in [6, 6.07) is 18.6. The molecule has 6 heteroatoms. The van der Waals surface area contributed by atoms with Gasteiger partial charge in [-0.2, -0.15) is 0 Å². The number of pyridine rings is 1. The minimum atomic E-state index is -0.304. The summed E-state index contributed by atoms with van der Waals surface area (Å²) in [5, 5.41) is 3.27. The Hall–Kier alpha value is -3.38. The van der Waals surface area contributed by atoms with E-state index in [1.807, 2.05) is 54.6 Å². The number of carbonyl (C=O) groups is 1. The lowest BCUT2D eigenvalue weighted by Crippen LogP contribution is -2.24. The van der Waals surface area contributed by atoms with Crippen molar-refractivity contribution < 1.29 is 14.4 Å². The number of hydroxylamine groups is 1. The van der Waals surface area contributed by atoms with Crippen molar-refractivity contribution in [3.8, 4) is 5.75 Å². The second-order valence-corrected chi connectivity index (χ2v) is 5.82. The number of para-hydroxylation sites is 1. The number of nitrogens with zero attached hydrogens (tertiary/aromatic N) is 1. The highest BCUT2D eigenvalue weighted by molar-refractivity contribution is 5.98. The summed E-state index contributed by atoms with van der Waals surface area (Å²) in [6.07, 6.45) is 3.48. The number of amides is 1. The van der Waals surface area contributed by atoms with Crippen LogP contribution in [0.15, 0.2) is 73.1 Å². The Kier molecular flexibility index (Phi) is 6.38. The minimum Gasteiger partial charge on any atom is -0.497 e. The number of benzene rings is 2. The summed E-state index contributed by atoms with van der Waals surface area (Å²) < 4.78 is 5.12. The molecular weight excluding hydrogens is 342 g/mol. The van der Waals surface area contributed by atoms with Gasteiger partial charge < -0.3 is 10.1 Å². The second kappa shape index (κ2) is 9.35. The molecule has 0 saturated heterocycles. The molecule has 0 atom stereocenters. The summed E-state index contributed by atoms with van der Waals surface area (Å²) in [5.41, 5.74) is 5.76. The van der Waals surface area contributed by atoms with Gasteiger partial charge in [0.05, 0.1) is 19.3 Å². The van der Waals surface area contributed by atoms with Gasteiger partial charge in [-0.05, 0) is 47.5 Å². The van der Waals surface area contributed by atoms with Gasteiger partial charge in [0.1, 0.15) is 5.75 Å². The third-order valence-corrected chi connectivity index (χ3v) is 3.97. The molecule has 1 aromatic heterocycles. The van der Waals surface area contributed by atoms with Gasteiger partial charge >= 0.3 is 0 Å². The van der Waals surface area contributed by atoms with E-state index in [1.165, 1.54) is 0 Å². The Morgan fingerprint density at radius 1 is 0.963 bits per heavy atom. The SMILES string of the molecule is COc1ccc(CONC(=O)c2ccccc2NCc2ccncc2)cc1. The maximum atomic E-state index is 12.5. The predicted molar refractivity (Wildman–Crippen MR) is 103 cm³/mol. The second-order valence-electron chi connectivity index (χ2n) is 5.82. The topological polar surface area (TPSA) is 72.5 Å². The summed E-state index contributed by atoms with van der Waals surface area (Å²) >= 11 is 0. The van der Waals surface area contributed by atoms with E-state index in [4.69, 9.17) is 9.57 Å². The monoisotopic (exact) mass is 363 g/mol. The van der Waals surface area contributed by atoms with Crippen molar-refractivity contribution in [3.63, 3.8) is 0 Å². The predicted octanol–water partition coefficient (Wildman–Crippen LogP) is 3.56. The maximum Gasteiger partial charge on any atom is 0.276 e. The molecule has 1 amide bonds. The zero-order valence-corrected chi connectivity index (χ0v) is 15.0. The first-order valence-corrected chi connectivity index (χ1v) is 8.53. The zero-order valence-electron chi connectivity index (χ0n) is 15.0. The van der Waals surface area contributed by atoms with Crippen molar-refractivity contribution in [2.75, 3.05) is 12.4 Å². The van der Waals surface area contributed by atoms with Gasteiger partial charge in [-0.1, -0.05) is 24.3 Å². The number of methoxy groups -OCH3 is 1. The van der Waals surface area contributed by atoms with Crippen LogP contribution in [0.4, 0.5) is 5.69 Å². The van der Waals surface area contributed by atoms with Gasteiger partial charge in [0.25, 0.3) is 5.91 Å². The number of anilines is 1. The number of rotatable bonds is 8. The van der Waals surface area contributed by atoms with Crippen molar-refractivity contribution >= 4 is 11.6 Å². The quantitative estimate of drug-likeness (QED) is 0.599. The summed E-state index contributed by atoms with van der Waals surface area (Å²) in [7, 11) is 1.62. The third kappa shape index (κ3) is 5.29. The Balaban J connectivity index is 1.56. The highest BCUT2D eigenvalue weighted by atomic mass is 16.6. The fourth-order valence-electron chi connectivity index (χ4n) is 2.49. The Labute approximate surface area is 158 Å². The molecule has 138 valence electrons. The largest absolute Gasteiger partial charge is 0.497 e. The van der Waals surface area contributed by atoms with Crippen LogP contribution < -0.4 is 15.5 Å². The van der Waals surface area contributed by atoms with Crippen LogP contribution in [-0.4, -0.2) is 18.0 Å². The number of ether oxygens (including phenoxy) is 1. The lowest BCUT2D eigenvalue weighted by molar-refractivity contribution is 0.0234. The molecule has 6 nitrogen and oxygen atoms in total. The lowest BCUT2D eigenvalue weighted by Gasteiger charge is -2.12. The van der Waals surface area contributed by atoms with E-state index in [9.17, 15) is 4.79 Å². The van der Waals surface area contributed by atoms with E-state index in [0.717, 1.165) is 22.6 Å². The van der Waals surface area contributed by atoms with Crippen LogP contribution in [0.25, 0.3) is 0 Å². The van der Waals surface area contributed by atoms with Gasteiger partial charge in [-0.25, -0.2) is 5.48 Å². The molecule has 0 aliphatic heterocycles. The Morgan fingerprint density at radius 3 is 2.44 bits per heavy atom. The molecule has 0 radical (unpaired) electrons. The minimum absolute atomic E-state index is 0.266. The molecule has 0 spiro atoms. The van der Waals surface area contributed by atoms with Crippen LogP contribution in [0, 0.1) is 0 Å². The summed E-state index contributed by atoms with van der Waals surface area (Å²) in [6.45, 7) is 0.863. The van der Waals surface area contributed by atoms with Gasteiger partial charge in [0.2, 0.25) is 0 Å². The van der Waals surface area contributed by atoms with Crippen molar-refractivity contribution in [1.29, 1.82) is 0 Å².